The van der Waals surface area contributed by atoms with Gasteiger partial charge in [0.2, 0.25) is 0 Å². The van der Waals surface area contributed by atoms with E-state index in [9.17, 15) is 5.26 Å². The smallest absolute Gasteiger partial charge is 0.163 e. The third-order valence-electron chi connectivity index (χ3n) is 6.77. The van der Waals surface area contributed by atoms with Crippen molar-refractivity contribution in [3.05, 3.63) is 60.2 Å². The van der Waals surface area contributed by atoms with Crippen molar-refractivity contribution in [1.82, 2.24) is 25.1 Å². The van der Waals surface area contributed by atoms with E-state index in [1.54, 1.807) is 12.5 Å². The number of anilines is 2. The molecular formula is C24H21N7. The molecule has 152 valence electrons. The van der Waals surface area contributed by atoms with Crippen LogP contribution in [0, 0.1) is 11.3 Å². The van der Waals surface area contributed by atoms with Gasteiger partial charge in [0.25, 0.3) is 0 Å². The van der Waals surface area contributed by atoms with E-state index < -0.39 is 0 Å². The number of hydrogen-bond donors (Lipinski definition) is 1. The highest BCUT2D eigenvalue weighted by Crippen LogP contribution is 2.52. The van der Waals surface area contributed by atoms with Crippen molar-refractivity contribution in [2.24, 2.45) is 0 Å². The van der Waals surface area contributed by atoms with Gasteiger partial charge in [-0.3, -0.25) is 5.10 Å². The molecule has 0 unspecified atom stereocenters. The molecule has 0 amide bonds. The van der Waals surface area contributed by atoms with Gasteiger partial charge in [-0.25, -0.2) is 15.0 Å². The molecule has 1 N–H and O–H groups in total. The van der Waals surface area contributed by atoms with E-state index >= 15 is 0 Å². The molecule has 7 heteroatoms. The summed E-state index contributed by atoms with van der Waals surface area (Å²) in [5.74, 6) is 0.823. The molecule has 0 saturated heterocycles. The molecule has 4 heterocycles. The number of benzene rings is 1. The molecule has 1 aromatic carbocycles. The topological polar surface area (TPSA) is 94.4 Å². The molecular weight excluding hydrogens is 386 g/mol. The first-order valence-electron chi connectivity index (χ1n) is 10.7. The second kappa shape index (κ2) is 6.88. The van der Waals surface area contributed by atoms with Crippen LogP contribution in [0.5, 0.6) is 0 Å². The van der Waals surface area contributed by atoms with Gasteiger partial charge in [0.15, 0.2) is 5.82 Å². The Morgan fingerprint density at radius 1 is 1.06 bits per heavy atom. The number of aromatic nitrogens is 5. The van der Waals surface area contributed by atoms with Gasteiger partial charge in [-0.2, -0.15) is 10.4 Å². The molecule has 4 aromatic rings. The molecule has 2 aliphatic rings. The Morgan fingerprint density at radius 3 is 2.77 bits per heavy atom. The Bertz CT molecular complexity index is 1310. The summed E-state index contributed by atoms with van der Waals surface area (Å²) >= 11 is 0. The standard InChI is InChI=1S/C24H21N7/c25-11-16-4-7-21-18(10-16)24(8-2-1-3-9-24)14-31(21)23-22-20(26-15-27-23)6-5-19(30-22)17-12-28-29-13-17/h4-7,10,12-13,15H,1-3,8-9,14H2,(H,28,29). The van der Waals surface area contributed by atoms with E-state index in [2.05, 4.69) is 38.3 Å². The molecule has 0 bridgehead atoms. The van der Waals surface area contributed by atoms with Crippen LogP contribution in [0.4, 0.5) is 11.5 Å². The van der Waals surface area contributed by atoms with Crippen molar-refractivity contribution in [1.29, 1.82) is 5.26 Å². The predicted molar refractivity (Wildman–Crippen MR) is 118 cm³/mol. The van der Waals surface area contributed by atoms with Crippen molar-refractivity contribution in [3.8, 4) is 17.3 Å². The van der Waals surface area contributed by atoms with Crippen molar-refractivity contribution in [3.63, 3.8) is 0 Å². The van der Waals surface area contributed by atoms with E-state index in [0.29, 0.717) is 0 Å². The fourth-order valence-electron chi connectivity index (χ4n) is 5.26. The van der Waals surface area contributed by atoms with Crippen LogP contribution in [0.3, 0.4) is 0 Å². The normalized spacial score (nSPS) is 17.1. The van der Waals surface area contributed by atoms with Crippen LogP contribution in [0.2, 0.25) is 0 Å². The van der Waals surface area contributed by atoms with Crippen molar-refractivity contribution >= 4 is 22.5 Å². The number of nitriles is 1. The molecule has 6 rings (SSSR count). The van der Waals surface area contributed by atoms with Gasteiger partial charge in [-0.15, -0.1) is 0 Å². The van der Waals surface area contributed by atoms with Gasteiger partial charge >= 0.3 is 0 Å². The molecule has 1 aliphatic heterocycles. The largest absolute Gasteiger partial charge is 0.323 e. The maximum atomic E-state index is 9.50. The molecule has 31 heavy (non-hydrogen) atoms. The van der Waals surface area contributed by atoms with Crippen LogP contribution in [0.1, 0.15) is 43.2 Å². The maximum absolute atomic E-state index is 9.50. The summed E-state index contributed by atoms with van der Waals surface area (Å²) in [6.45, 7) is 0.862. The van der Waals surface area contributed by atoms with Gasteiger partial charge in [0.1, 0.15) is 11.8 Å². The summed E-state index contributed by atoms with van der Waals surface area (Å²) in [4.78, 5) is 16.4. The Labute approximate surface area is 179 Å². The highest BCUT2D eigenvalue weighted by Gasteiger charge is 2.44. The Morgan fingerprint density at radius 2 is 1.97 bits per heavy atom. The van der Waals surface area contributed by atoms with Crippen LogP contribution >= 0.6 is 0 Å². The summed E-state index contributed by atoms with van der Waals surface area (Å²) < 4.78 is 0. The number of H-pyrrole nitrogens is 1. The summed E-state index contributed by atoms with van der Waals surface area (Å²) in [5.41, 5.74) is 6.57. The molecule has 1 spiro atoms. The number of hydrogen-bond acceptors (Lipinski definition) is 6. The molecule has 1 aliphatic carbocycles. The van der Waals surface area contributed by atoms with E-state index in [0.717, 1.165) is 58.7 Å². The number of nitrogens with one attached hydrogen (secondary N) is 1. The Balaban J connectivity index is 1.53. The van der Waals surface area contributed by atoms with Crippen molar-refractivity contribution < 1.29 is 0 Å². The Kier molecular flexibility index (Phi) is 4.00. The highest BCUT2D eigenvalue weighted by atomic mass is 15.2. The van der Waals surface area contributed by atoms with Gasteiger partial charge in [0, 0.05) is 29.4 Å². The molecule has 0 atom stereocenters. The number of fused-ring (bicyclic) bond motifs is 3. The molecule has 1 fully saturated rings. The van der Waals surface area contributed by atoms with Crippen LogP contribution < -0.4 is 4.90 Å². The third kappa shape index (κ3) is 2.79. The second-order valence-corrected chi connectivity index (χ2v) is 8.52. The zero-order valence-corrected chi connectivity index (χ0v) is 17.0. The highest BCUT2D eigenvalue weighted by molar-refractivity contribution is 5.91. The third-order valence-corrected chi connectivity index (χ3v) is 6.77. The van der Waals surface area contributed by atoms with E-state index in [1.165, 1.54) is 24.8 Å². The van der Waals surface area contributed by atoms with Crippen molar-refractivity contribution in [2.75, 3.05) is 11.4 Å². The second-order valence-electron chi connectivity index (χ2n) is 8.52. The zero-order valence-electron chi connectivity index (χ0n) is 17.0. The number of nitrogens with zero attached hydrogens (tertiary/aromatic N) is 6. The maximum Gasteiger partial charge on any atom is 0.163 e. The number of aromatic amines is 1. The fourth-order valence-corrected chi connectivity index (χ4v) is 5.26. The van der Waals surface area contributed by atoms with Crippen LogP contribution in [-0.2, 0) is 5.41 Å². The summed E-state index contributed by atoms with van der Waals surface area (Å²) in [6.07, 6.45) is 11.2. The van der Waals surface area contributed by atoms with E-state index in [4.69, 9.17) is 9.97 Å². The average Bonchev–Trinajstić information content (AvgIpc) is 3.46. The SMILES string of the molecule is N#Cc1ccc2c(c1)C1(CCCCC1)CN2c1ncnc2ccc(-c3cn[nH]c3)nc12. The summed E-state index contributed by atoms with van der Waals surface area (Å²) in [7, 11) is 0. The van der Waals surface area contributed by atoms with E-state index in [1.807, 2.05) is 24.4 Å². The van der Waals surface area contributed by atoms with Crippen LogP contribution in [-0.4, -0.2) is 31.7 Å². The lowest BCUT2D eigenvalue weighted by Gasteiger charge is -2.34. The predicted octanol–water partition coefficient (Wildman–Crippen LogP) is 4.64. The molecule has 7 nitrogen and oxygen atoms in total. The zero-order chi connectivity index (χ0) is 20.8. The Hall–Kier alpha value is -3.79. The first-order chi connectivity index (χ1) is 15.3. The summed E-state index contributed by atoms with van der Waals surface area (Å²) in [5, 5.41) is 16.4. The minimum absolute atomic E-state index is 0.0693. The quantitative estimate of drug-likeness (QED) is 0.520. The van der Waals surface area contributed by atoms with Crippen LogP contribution in [0.15, 0.2) is 49.1 Å². The minimum atomic E-state index is 0.0693. The molecule has 1 saturated carbocycles. The van der Waals surface area contributed by atoms with E-state index in [-0.39, 0.29) is 5.41 Å². The summed E-state index contributed by atoms with van der Waals surface area (Å²) in [6, 6.07) is 12.3. The number of rotatable bonds is 2. The average molecular weight is 407 g/mol. The van der Waals surface area contributed by atoms with Crippen molar-refractivity contribution in [2.45, 2.75) is 37.5 Å². The lowest BCUT2D eigenvalue weighted by atomic mass is 9.70. The van der Waals surface area contributed by atoms with Gasteiger partial charge in [-0.05, 0) is 48.7 Å². The van der Waals surface area contributed by atoms with Gasteiger partial charge < -0.3 is 4.90 Å². The molecule has 0 radical (unpaired) electrons. The fraction of sp³-hybridized carbons (Fsp3) is 0.292. The lowest BCUT2D eigenvalue weighted by molar-refractivity contribution is 0.314. The monoisotopic (exact) mass is 407 g/mol. The minimum Gasteiger partial charge on any atom is -0.323 e. The van der Waals surface area contributed by atoms with Gasteiger partial charge in [-0.1, -0.05) is 19.3 Å². The molecule has 3 aromatic heterocycles. The first kappa shape index (κ1) is 18.0. The number of pyridine rings is 1. The van der Waals surface area contributed by atoms with Gasteiger partial charge in [0.05, 0.1) is 29.0 Å². The van der Waals surface area contributed by atoms with Crippen LogP contribution in [0.25, 0.3) is 22.3 Å². The first-order valence-corrected chi connectivity index (χ1v) is 10.7. The lowest BCUT2D eigenvalue weighted by Crippen LogP contribution is -2.34.